The Hall–Kier alpha value is -1.88. The second kappa shape index (κ2) is 6.20. The van der Waals surface area contributed by atoms with Crippen molar-refractivity contribution in [1.82, 2.24) is 14.5 Å². The molecule has 1 amide bonds. The lowest BCUT2D eigenvalue weighted by atomic mass is 9.82. The Morgan fingerprint density at radius 3 is 2.79 bits per heavy atom. The van der Waals surface area contributed by atoms with Crippen LogP contribution in [0.1, 0.15) is 33.0 Å². The fourth-order valence-corrected chi connectivity index (χ4v) is 3.80. The van der Waals surface area contributed by atoms with Gasteiger partial charge in [-0.1, -0.05) is 32.9 Å². The Morgan fingerprint density at radius 2 is 2.12 bits per heavy atom. The third-order valence-electron chi connectivity index (χ3n) is 5.54. The van der Waals surface area contributed by atoms with Crippen LogP contribution in [-0.4, -0.2) is 44.2 Å². The van der Waals surface area contributed by atoms with Crippen LogP contribution in [0.25, 0.3) is 11.0 Å². The van der Waals surface area contributed by atoms with Gasteiger partial charge in [-0.25, -0.2) is 4.98 Å². The van der Waals surface area contributed by atoms with Gasteiger partial charge >= 0.3 is 0 Å². The third-order valence-corrected chi connectivity index (χ3v) is 5.54. The molecule has 1 aliphatic rings. The smallest absolute Gasteiger partial charge is 0.224 e. The number of carbonyl (C=O) groups excluding carboxylic acids is 1. The summed E-state index contributed by atoms with van der Waals surface area (Å²) in [5.41, 5.74) is 1.26. The Bertz CT molecular complexity index is 752. The zero-order valence-electron chi connectivity index (χ0n) is 15.0. The van der Waals surface area contributed by atoms with Crippen molar-refractivity contribution < 1.29 is 9.90 Å². The van der Waals surface area contributed by atoms with Crippen LogP contribution in [0.15, 0.2) is 24.3 Å². The van der Waals surface area contributed by atoms with Crippen LogP contribution in [0.3, 0.4) is 0 Å². The van der Waals surface area contributed by atoms with Crippen LogP contribution < -0.4 is 0 Å². The number of nitrogens with zero attached hydrogens (tertiary/aromatic N) is 3. The number of carbonyl (C=O) groups is 1. The molecule has 2 atom stereocenters. The molecule has 1 fully saturated rings. The van der Waals surface area contributed by atoms with Gasteiger partial charge in [0.15, 0.2) is 0 Å². The van der Waals surface area contributed by atoms with Crippen molar-refractivity contribution in [2.45, 2.75) is 46.3 Å². The number of imidazole rings is 1. The number of β-amino-alcohol motifs (C(OH)–C–C–N with tert-alkyl or cyclic N) is 1. The molecule has 5 nitrogen and oxygen atoms in total. The van der Waals surface area contributed by atoms with E-state index in [1.54, 1.807) is 0 Å². The molecule has 2 heterocycles. The standard InChI is InChI=1S/C19H27N3O2/c1-13(2)19(24)12-21(11-14(19)3)18(23)9-10-22-15(4)20-16-7-5-6-8-17(16)22/h5-8,13-14,24H,9-12H2,1-4H3/t14-,19-/m0/s1. The second-order valence-corrected chi connectivity index (χ2v) is 7.37. The highest BCUT2D eigenvalue weighted by atomic mass is 16.3. The number of para-hydroxylation sites is 2. The summed E-state index contributed by atoms with van der Waals surface area (Å²) < 4.78 is 2.10. The largest absolute Gasteiger partial charge is 0.387 e. The lowest BCUT2D eigenvalue weighted by Crippen LogP contribution is -2.43. The molecule has 0 radical (unpaired) electrons. The molecule has 1 aromatic carbocycles. The summed E-state index contributed by atoms with van der Waals surface area (Å²) in [5, 5.41) is 10.8. The summed E-state index contributed by atoms with van der Waals surface area (Å²) >= 11 is 0. The van der Waals surface area contributed by atoms with E-state index in [9.17, 15) is 9.90 Å². The van der Waals surface area contributed by atoms with E-state index < -0.39 is 5.60 Å². The molecule has 0 aliphatic carbocycles. The molecule has 1 aromatic heterocycles. The highest BCUT2D eigenvalue weighted by Gasteiger charge is 2.46. The zero-order chi connectivity index (χ0) is 17.5. The van der Waals surface area contributed by atoms with Gasteiger partial charge < -0.3 is 14.6 Å². The molecule has 1 N–H and O–H groups in total. The van der Waals surface area contributed by atoms with Crippen molar-refractivity contribution in [3.63, 3.8) is 0 Å². The molecule has 0 spiro atoms. The minimum absolute atomic E-state index is 0.107. The summed E-state index contributed by atoms with van der Waals surface area (Å²) in [4.78, 5) is 19.0. The lowest BCUT2D eigenvalue weighted by molar-refractivity contribution is -0.131. The number of aliphatic hydroxyl groups is 1. The van der Waals surface area contributed by atoms with Gasteiger partial charge in [0.2, 0.25) is 5.91 Å². The minimum Gasteiger partial charge on any atom is -0.387 e. The van der Waals surface area contributed by atoms with Crippen LogP contribution in [0.4, 0.5) is 0 Å². The van der Waals surface area contributed by atoms with Gasteiger partial charge in [0.05, 0.1) is 16.6 Å². The quantitative estimate of drug-likeness (QED) is 0.938. The number of hydrogen-bond acceptors (Lipinski definition) is 3. The molecular formula is C19H27N3O2. The molecular weight excluding hydrogens is 302 g/mol. The normalized spacial score (nSPS) is 24.2. The van der Waals surface area contributed by atoms with Gasteiger partial charge in [0.25, 0.3) is 0 Å². The Labute approximate surface area is 143 Å². The van der Waals surface area contributed by atoms with Crippen molar-refractivity contribution >= 4 is 16.9 Å². The average Bonchev–Trinajstić information content (AvgIpc) is 3.02. The lowest BCUT2D eigenvalue weighted by Gasteiger charge is -2.31. The number of amides is 1. The number of aromatic nitrogens is 2. The first-order valence-electron chi connectivity index (χ1n) is 8.75. The summed E-state index contributed by atoms with van der Waals surface area (Å²) in [6, 6.07) is 8.00. The number of fused-ring (bicyclic) bond motifs is 1. The van der Waals surface area contributed by atoms with E-state index in [2.05, 4.69) is 9.55 Å². The predicted octanol–water partition coefficient (Wildman–Crippen LogP) is 2.60. The number of likely N-dealkylation sites (tertiary alicyclic amines) is 1. The van der Waals surface area contributed by atoms with Crippen molar-refractivity contribution in [3.8, 4) is 0 Å². The maximum Gasteiger partial charge on any atom is 0.224 e. The summed E-state index contributed by atoms with van der Waals surface area (Å²) in [6.45, 7) is 9.74. The van der Waals surface area contributed by atoms with Crippen molar-refractivity contribution in [2.24, 2.45) is 11.8 Å². The van der Waals surface area contributed by atoms with Crippen LogP contribution in [0.2, 0.25) is 0 Å². The molecule has 3 rings (SSSR count). The van der Waals surface area contributed by atoms with Crippen molar-refractivity contribution in [2.75, 3.05) is 13.1 Å². The van der Waals surface area contributed by atoms with Gasteiger partial charge in [-0.15, -0.1) is 0 Å². The van der Waals surface area contributed by atoms with Crippen molar-refractivity contribution in [3.05, 3.63) is 30.1 Å². The van der Waals surface area contributed by atoms with E-state index in [1.807, 2.05) is 56.9 Å². The minimum atomic E-state index is -0.771. The number of rotatable bonds is 4. The highest BCUT2D eigenvalue weighted by molar-refractivity contribution is 5.78. The second-order valence-electron chi connectivity index (χ2n) is 7.37. The summed E-state index contributed by atoms with van der Waals surface area (Å²) in [5.74, 6) is 1.29. The summed E-state index contributed by atoms with van der Waals surface area (Å²) in [7, 11) is 0. The average molecular weight is 329 g/mol. The molecule has 0 bridgehead atoms. The fourth-order valence-electron chi connectivity index (χ4n) is 3.80. The van der Waals surface area contributed by atoms with E-state index in [4.69, 9.17) is 0 Å². The van der Waals surface area contributed by atoms with Gasteiger partial charge in [-0.3, -0.25) is 4.79 Å². The molecule has 0 unspecified atom stereocenters. The Morgan fingerprint density at radius 1 is 1.42 bits per heavy atom. The van der Waals surface area contributed by atoms with Crippen LogP contribution in [-0.2, 0) is 11.3 Å². The SMILES string of the molecule is Cc1nc2ccccc2n1CCC(=O)N1C[C@H](C)[C@@](O)(C(C)C)C1. The third kappa shape index (κ3) is 2.81. The molecule has 1 aliphatic heterocycles. The first-order chi connectivity index (χ1) is 11.3. The first kappa shape index (κ1) is 17.0. The number of hydrogen-bond donors (Lipinski definition) is 1. The fraction of sp³-hybridized carbons (Fsp3) is 0.579. The maximum atomic E-state index is 12.6. The van der Waals surface area contributed by atoms with Crippen LogP contribution in [0, 0.1) is 18.8 Å². The predicted molar refractivity (Wildman–Crippen MR) is 94.6 cm³/mol. The Balaban J connectivity index is 1.69. The van der Waals surface area contributed by atoms with Crippen LogP contribution in [0.5, 0.6) is 0 Å². The van der Waals surface area contributed by atoms with E-state index in [0.717, 1.165) is 16.9 Å². The van der Waals surface area contributed by atoms with Gasteiger partial charge in [-0.2, -0.15) is 0 Å². The van der Waals surface area contributed by atoms with E-state index in [1.165, 1.54) is 0 Å². The highest BCUT2D eigenvalue weighted by Crippen LogP contribution is 2.34. The van der Waals surface area contributed by atoms with E-state index in [-0.39, 0.29) is 17.7 Å². The first-order valence-corrected chi connectivity index (χ1v) is 8.75. The number of aryl methyl sites for hydroxylation is 2. The molecule has 1 saturated heterocycles. The maximum absolute atomic E-state index is 12.6. The summed E-state index contributed by atoms with van der Waals surface area (Å²) in [6.07, 6.45) is 0.433. The molecule has 0 saturated carbocycles. The molecule has 24 heavy (non-hydrogen) atoms. The zero-order valence-corrected chi connectivity index (χ0v) is 15.0. The molecule has 5 heteroatoms. The van der Waals surface area contributed by atoms with Gasteiger partial charge in [0.1, 0.15) is 5.82 Å². The van der Waals surface area contributed by atoms with Crippen molar-refractivity contribution in [1.29, 1.82) is 0 Å². The number of benzene rings is 1. The van der Waals surface area contributed by atoms with Gasteiger partial charge in [0, 0.05) is 32.0 Å². The van der Waals surface area contributed by atoms with Gasteiger partial charge in [-0.05, 0) is 25.0 Å². The molecule has 130 valence electrons. The Kier molecular flexibility index (Phi) is 4.38. The monoisotopic (exact) mass is 329 g/mol. The van der Waals surface area contributed by atoms with Crippen LogP contribution >= 0.6 is 0 Å². The van der Waals surface area contributed by atoms with E-state index in [0.29, 0.717) is 26.1 Å². The van der Waals surface area contributed by atoms with E-state index >= 15 is 0 Å². The topological polar surface area (TPSA) is 58.4 Å². The molecule has 2 aromatic rings.